The summed E-state index contributed by atoms with van der Waals surface area (Å²) >= 11 is 5.91. The molecule has 0 bridgehead atoms. The van der Waals surface area contributed by atoms with E-state index >= 15 is 0 Å². The standard InChI is InChI=1S/C25H21ClN2O4/c1-16-3-10-20(11-4-16)28-25(30)21(24(29)27-28)13-18-7-12-22(23(14-18)31-2)32-15-17-5-8-19(26)9-6-17/h3-14H,15H2,1-2H3,(H,27,29)/b21-13+. The van der Waals surface area contributed by atoms with Gasteiger partial charge in [0.15, 0.2) is 11.5 Å². The van der Waals surface area contributed by atoms with Crippen LogP contribution in [0.3, 0.4) is 0 Å². The van der Waals surface area contributed by atoms with Crippen LogP contribution in [0.5, 0.6) is 11.5 Å². The smallest absolute Gasteiger partial charge is 0.282 e. The molecule has 32 heavy (non-hydrogen) atoms. The minimum atomic E-state index is -0.461. The highest BCUT2D eigenvalue weighted by atomic mass is 35.5. The number of ether oxygens (including phenoxy) is 2. The van der Waals surface area contributed by atoms with Crippen LogP contribution in [-0.2, 0) is 16.2 Å². The van der Waals surface area contributed by atoms with Crippen molar-refractivity contribution in [1.82, 2.24) is 5.43 Å². The van der Waals surface area contributed by atoms with Crippen molar-refractivity contribution in [2.75, 3.05) is 12.1 Å². The fourth-order valence-corrected chi connectivity index (χ4v) is 3.36. The number of halogens is 1. The number of methoxy groups -OCH3 is 1. The zero-order chi connectivity index (χ0) is 22.7. The van der Waals surface area contributed by atoms with Crippen molar-refractivity contribution in [3.63, 3.8) is 0 Å². The minimum absolute atomic E-state index is 0.0439. The molecule has 162 valence electrons. The zero-order valence-electron chi connectivity index (χ0n) is 17.6. The molecular weight excluding hydrogens is 428 g/mol. The third kappa shape index (κ3) is 4.60. The Morgan fingerprint density at radius 3 is 2.38 bits per heavy atom. The van der Waals surface area contributed by atoms with Crippen LogP contribution in [0, 0.1) is 6.92 Å². The van der Waals surface area contributed by atoms with Gasteiger partial charge in [-0.25, -0.2) is 5.01 Å². The van der Waals surface area contributed by atoms with Crippen molar-refractivity contribution >= 4 is 35.2 Å². The first-order valence-corrected chi connectivity index (χ1v) is 10.3. The van der Waals surface area contributed by atoms with E-state index in [2.05, 4.69) is 5.43 Å². The molecule has 6 nitrogen and oxygen atoms in total. The van der Waals surface area contributed by atoms with Crippen LogP contribution in [0.2, 0.25) is 5.02 Å². The van der Waals surface area contributed by atoms with Gasteiger partial charge in [0.25, 0.3) is 11.8 Å². The number of hydrogen-bond donors (Lipinski definition) is 1. The maximum Gasteiger partial charge on any atom is 0.282 e. The van der Waals surface area contributed by atoms with Crippen LogP contribution >= 0.6 is 11.6 Å². The summed E-state index contributed by atoms with van der Waals surface area (Å²) < 4.78 is 11.3. The van der Waals surface area contributed by atoms with E-state index in [1.807, 2.05) is 31.2 Å². The highest BCUT2D eigenvalue weighted by Gasteiger charge is 2.34. The van der Waals surface area contributed by atoms with Crippen LogP contribution in [0.15, 0.2) is 72.3 Å². The summed E-state index contributed by atoms with van der Waals surface area (Å²) in [5, 5.41) is 1.91. The van der Waals surface area contributed by atoms with Crippen LogP contribution in [0.4, 0.5) is 5.69 Å². The Morgan fingerprint density at radius 2 is 1.69 bits per heavy atom. The van der Waals surface area contributed by atoms with Gasteiger partial charge >= 0.3 is 0 Å². The van der Waals surface area contributed by atoms with E-state index in [1.54, 1.807) is 42.5 Å². The molecule has 1 N–H and O–H groups in total. The molecule has 3 aromatic rings. The number of rotatable bonds is 6. The molecule has 2 amide bonds. The van der Waals surface area contributed by atoms with Gasteiger partial charge in [0.2, 0.25) is 0 Å². The molecule has 7 heteroatoms. The molecule has 0 saturated carbocycles. The van der Waals surface area contributed by atoms with Gasteiger partial charge in [0, 0.05) is 5.02 Å². The second-order valence-corrected chi connectivity index (χ2v) is 7.74. The molecule has 0 atom stereocenters. The van der Waals surface area contributed by atoms with Gasteiger partial charge in [-0.3, -0.25) is 15.0 Å². The molecule has 0 radical (unpaired) electrons. The third-order valence-corrected chi connectivity index (χ3v) is 5.24. The molecule has 1 heterocycles. The Morgan fingerprint density at radius 1 is 0.969 bits per heavy atom. The lowest BCUT2D eigenvalue weighted by molar-refractivity contribution is -0.117. The highest BCUT2D eigenvalue weighted by molar-refractivity contribution is 6.31. The molecule has 1 fully saturated rings. The van der Waals surface area contributed by atoms with E-state index in [9.17, 15) is 9.59 Å². The average molecular weight is 449 g/mol. The van der Waals surface area contributed by atoms with E-state index in [0.717, 1.165) is 11.1 Å². The van der Waals surface area contributed by atoms with Crippen molar-refractivity contribution in [3.8, 4) is 11.5 Å². The largest absolute Gasteiger partial charge is 0.493 e. The monoisotopic (exact) mass is 448 g/mol. The predicted octanol–water partition coefficient (Wildman–Crippen LogP) is 4.70. The first-order chi connectivity index (χ1) is 15.4. The summed E-state index contributed by atoms with van der Waals surface area (Å²) in [6.45, 7) is 2.30. The second kappa shape index (κ2) is 9.16. The number of hydrogen-bond acceptors (Lipinski definition) is 4. The predicted molar refractivity (Wildman–Crippen MR) is 124 cm³/mol. The van der Waals surface area contributed by atoms with Crippen molar-refractivity contribution in [2.24, 2.45) is 0 Å². The Labute approximate surface area is 191 Å². The Balaban J connectivity index is 1.53. The summed E-state index contributed by atoms with van der Waals surface area (Å²) in [6.07, 6.45) is 1.54. The fourth-order valence-electron chi connectivity index (χ4n) is 3.23. The van der Waals surface area contributed by atoms with E-state index in [-0.39, 0.29) is 5.57 Å². The topological polar surface area (TPSA) is 67.9 Å². The number of anilines is 1. The molecular formula is C25H21ClN2O4. The Bertz CT molecular complexity index is 1190. The quantitative estimate of drug-likeness (QED) is 0.438. The van der Waals surface area contributed by atoms with Crippen molar-refractivity contribution < 1.29 is 19.1 Å². The molecule has 1 aliphatic rings. The lowest BCUT2D eigenvalue weighted by Gasteiger charge is -2.14. The number of carbonyl (C=O) groups excluding carboxylic acids is 2. The number of carbonyl (C=O) groups is 2. The van der Waals surface area contributed by atoms with Crippen LogP contribution in [0.25, 0.3) is 6.08 Å². The Hall–Kier alpha value is -3.77. The first-order valence-electron chi connectivity index (χ1n) is 9.93. The highest BCUT2D eigenvalue weighted by Crippen LogP contribution is 2.30. The fraction of sp³-hybridized carbons (Fsp3) is 0.120. The van der Waals surface area contributed by atoms with E-state index in [4.69, 9.17) is 21.1 Å². The lowest BCUT2D eigenvalue weighted by Crippen LogP contribution is -2.35. The second-order valence-electron chi connectivity index (χ2n) is 7.30. The Kier molecular flexibility index (Phi) is 6.14. The SMILES string of the molecule is COc1cc(/C=C2\C(=O)NN(c3ccc(C)cc3)C2=O)ccc1OCc1ccc(Cl)cc1. The number of nitrogens with zero attached hydrogens (tertiary/aromatic N) is 1. The number of benzene rings is 3. The van der Waals surface area contributed by atoms with Gasteiger partial charge in [-0.05, 0) is 60.5 Å². The van der Waals surface area contributed by atoms with Crippen molar-refractivity contribution in [1.29, 1.82) is 0 Å². The summed E-state index contributed by atoms with van der Waals surface area (Å²) in [7, 11) is 1.54. The molecule has 0 aliphatic carbocycles. The van der Waals surface area contributed by atoms with Gasteiger partial charge in [-0.15, -0.1) is 0 Å². The van der Waals surface area contributed by atoms with Crippen molar-refractivity contribution in [2.45, 2.75) is 13.5 Å². The summed E-state index contributed by atoms with van der Waals surface area (Å²) in [5.74, 6) is 0.168. The van der Waals surface area contributed by atoms with E-state index in [1.165, 1.54) is 18.2 Å². The average Bonchev–Trinajstić information content (AvgIpc) is 3.08. The van der Waals surface area contributed by atoms with Crippen LogP contribution < -0.4 is 19.9 Å². The van der Waals surface area contributed by atoms with Crippen LogP contribution in [-0.4, -0.2) is 18.9 Å². The molecule has 0 aromatic heterocycles. The molecule has 0 unspecified atom stereocenters. The van der Waals surface area contributed by atoms with Gasteiger partial charge < -0.3 is 9.47 Å². The lowest BCUT2D eigenvalue weighted by atomic mass is 10.1. The maximum atomic E-state index is 12.8. The number of amides is 2. The van der Waals surface area contributed by atoms with Crippen molar-refractivity contribution in [3.05, 3.63) is 94.0 Å². The molecule has 3 aromatic carbocycles. The first kappa shape index (κ1) is 21.5. The summed E-state index contributed by atoms with van der Waals surface area (Å²) in [4.78, 5) is 25.3. The van der Waals surface area contributed by atoms with Crippen LogP contribution in [0.1, 0.15) is 16.7 Å². The van der Waals surface area contributed by atoms with Gasteiger partial charge in [-0.2, -0.15) is 0 Å². The normalized spacial score (nSPS) is 14.6. The molecule has 1 saturated heterocycles. The van der Waals surface area contributed by atoms with E-state index < -0.39 is 11.8 Å². The molecule has 4 rings (SSSR count). The summed E-state index contributed by atoms with van der Waals surface area (Å²) in [6, 6.07) is 19.9. The zero-order valence-corrected chi connectivity index (χ0v) is 18.3. The minimum Gasteiger partial charge on any atom is -0.493 e. The van der Waals surface area contributed by atoms with E-state index in [0.29, 0.717) is 34.4 Å². The number of aryl methyl sites for hydroxylation is 1. The van der Waals surface area contributed by atoms with Gasteiger partial charge in [0.1, 0.15) is 12.2 Å². The maximum absolute atomic E-state index is 12.8. The summed E-state index contributed by atoms with van der Waals surface area (Å²) in [5.41, 5.74) is 5.92. The van der Waals surface area contributed by atoms with Gasteiger partial charge in [-0.1, -0.05) is 47.5 Å². The van der Waals surface area contributed by atoms with Gasteiger partial charge in [0.05, 0.1) is 12.8 Å². The molecule has 0 spiro atoms. The number of hydrazine groups is 1. The third-order valence-electron chi connectivity index (χ3n) is 4.99. The number of nitrogens with one attached hydrogen (secondary N) is 1. The molecule has 1 aliphatic heterocycles.